The molecule has 2 aliphatic rings. The lowest BCUT2D eigenvalue weighted by Crippen LogP contribution is -2.38. The summed E-state index contributed by atoms with van der Waals surface area (Å²) in [6.45, 7) is 5.78. The fourth-order valence-electron chi connectivity index (χ4n) is 2.88. The smallest absolute Gasteiger partial charge is 0.0931 e. The van der Waals surface area contributed by atoms with Crippen LogP contribution >= 0.6 is 0 Å². The first-order valence-electron chi connectivity index (χ1n) is 6.90. The van der Waals surface area contributed by atoms with E-state index < -0.39 is 0 Å². The highest BCUT2D eigenvalue weighted by Crippen LogP contribution is 2.10. The SMILES string of the molecule is C1CCN([SiH2]C[SiH2]N2CCCCC2)CC1. The minimum absolute atomic E-state index is 0.174. The Morgan fingerprint density at radius 3 is 1.40 bits per heavy atom. The molecule has 0 atom stereocenters. The summed E-state index contributed by atoms with van der Waals surface area (Å²) in [5.74, 6) is 0. The molecule has 15 heavy (non-hydrogen) atoms. The molecule has 0 bridgehead atoms. The third-order valence-corrected chi connectivity index (χ3v) is 8.91. The molecule has 0 N–H and O–H groups in total. The Kier molecular flexibility index (Phi) is 5.39. The van der Waals surface area contributed by atoms with Gasteiger partial charge in [0.25, 0.3) is 0 Å². The van der Waals surface area contributed by atoms with Crippen LogP contribution in [0.15, 0.2) is 0 Å². The molecule has 0 aromatic rings. The molecule has 0 saturated carbocycles. The molecular formula is C11H26N2Si2. The molecule has 2 fully saturated rings. The van der Waals surface area contributed by atoms with E-state index in [1.54, 1.807) is 5.67 Å². The van der Waals surface area contributed by atoms with Crippen LogP contribution in [0.5, 0.6) is 0 Å². The van der Waals surface area contributed by atoms with Crippen molar-refractivity contribution >= 4 is 19.4 Å². The average Bonchev–Trinajstić information content (AvgIpc) is 2.32. The second kappa shape index (κ2) is 6.83. The van der Waals surface area contributed by atoms with Crippen molar-refractivity contribution in [2.75, 3.05) is 26.2 Å². The van der Waals surface area contributed by atoms with Gasteiger partial charge >= 0.3 is 0 Å². The van der Waals surface area contributed by atoms with Gasteiger partial charge in [-0.25, -0.2) is 0 Å². The third-order valence-electron chi connectivity index (χ3n) is 3.85. The average molecular weight is 243 g/mol. The van der Waals surface area contributed by atoms with Gasteiger partial charge in [0.2, 0.25) is 0 Å². The number of nitrogens with zero attached hydrogens (tertiary/aromatic N) is 2. The van der Waals surface area contributed by atoms with Crippen molar-refractivity contribution < 1.29 is 0 Å². The molecular weight excluding hydrogens is 216 g/mol. The van der Waals surface area contributed by atoms with Gasteiger partial charge in [-0.1, -0.05) is 12.8 Å². The molecule has 2 saturated heterocycles. The monoisotopic (exact) mass is 242 g/mol. The second-order valence-corrected chi connectivity index (χ2v) is 10.7. The number of rotatable bonds is 4. The van der Waals surface area contributed by atoms with E-state index in [1.165, 1.54) is 64.7 Å². The Bertz CT molecular complexity index is 148. The van der Waals surface area contributed by atoms with E-state index in [2.05, 4.69) is 9.13 Å². The Balaban J connectivity index is 1.53. The zero-order valence-corrected chi connectivity index (χ0v) is 12.9. The summed E-state index contributed by atoms with van der Waals surface area (Å²) in [7, 11) is 0.348. The van der Waals surface area contributed by atoms with Gasteiger partial charge in [0.1, 0.15) is 0 Å². The first kappa shape index (κ1) is 11.8. The topological polar surface area (TPSA) is 6.48 Å². The van der Waals surface area contributed by atoms with Crippen molar-refractivity contribution in [3.05, 3.63) is 0 Å². The highest BCUT2D eigenvalue weighted by Gasteiger charge is 2.12. The minimum Gasteiger partial charge on any atom is -0.329 e. The molecule has 0 aliphatic carbocycles. The molecule has 0 aromatic carbocycles. The molecule has 4 heteroatoms. The standard InChI is InChI=1S/C11H26N2Si2/c1-3-7-12(8-4-1)14-11-15-13-9-5-2-6-10-13/h1-11,14-15H2. The summed E-state index contributed by atoms with van der Waals surface area (Å²) in [5, 5.41) is 0. The summed E-state index contributed by atoms with van der Waals surface area (Å²) in [5.41, 5.74) is 1.67. The van der Waals surface area contributed by atoms with Gasteiger partial charge in [0.15, 0.2) is 0 Å². The van der Waals surface area contributed by atoms with Crippen LogP contribution < -0.4 is 0 Å². The van der Waals surface area contributed by atoms with Gasteiger partial charge in [0, 0.05) is 0 Å². The fourth-order valence-corrected chi connectivity index (χ4v) is 8.82. The van der Waals surface area contributed by atoms with Crippen LogP contribution in [0.2, 0.25) is 5.67 Å². The van der Waals surface area contributed by atoms with Crippen molar-refractivity contribution in [2.45, 2.75) is 44.2 Å². The van der Waals surface area contributed by atoms with E-state index in [0.29, 0.717) is 0 Å². The maximum Gasteiger partial charge on any atom is 0.0931 e. The van der Waals surface area contributed by atoms with Gasteiger partial charge in [0.05, 0.1) is 19.4 Å². The fraction of sp³-hybridized carbons (Fsp3) is 1.00. The summed E-state index contributed by atoms with van der Waals surface area (Å²) in [4.78, 5) is 0. The Labute approximate surface area is 99.2 Å². The molecule has 2 rings (SSSR count). The van der Waals surface area contributed by atoms with Crippen LogP contribution in [0.25, 0.3) is 0 Å². The Morgan fingerprint density at radius 2 is 1.00 bits per heavy atom. The molecule has 0 spiro atoms. The van der Waals surface area contributed by atoms with Crippen molar-refractivity contribution in [3.63, 3.8) is 0 Å². The summed E-state index contributed by atoms with van der Waals surface area (Å²) < 4.78 is 5.67. The highest BCUT2D eigenvalue weighted by atomic mass is 28.3. The minimum atomic E-state index is 0.174. The van der Waals surface area contributed by atoms with Crippen LogP contribution in [0.3, 0.4) is 0 Å². The summed E-state index contributed by atoms with van der Waals surface area (Å²) >= 11 is 0. The molecule has 88 valence electrons. The molecule has 0 amide bonds. The number of hydrogen-bond acceptors (Lipinski definition) is 2. The molecule has 2 aliphatic heterocycles. The van der Waals surface area contributed by atoms with Gasteiger partial charge in [-0.3, -0.25) is 0 Å². The van der Waals surface area contributed by atoms with Crippen LogP contribution in [-0.4, -0.2) is 54.7 Å². The third kappa shape index (κ3) is 4.38. The second-order valence-electron chi connectivity index (χ2n) is 5.16. The predicted molar refractivity (Wildman–Crippen MR) is 72.7 cm³/mol. The zero-order chi connectivity index (χ0) is 10.3. The number of piperidine rings is 2. The molecule has 0 unspecified atom stereocenters. The maximum absolute atomic E-state index is 2.83. The van der Waals surface area contributed by atoms with Crippen molar-refractivity contribution in [2.24, 2.45) is 0 Å². The summed E-state index contributed by atoms with van der Waals surface area (Å²) in [6, 6.07) is 0. The molecule has 2 nitrogen and oxygen atoms in total. The number of hydrogen-bond donors (Lipinski definition) is 0. The van der Waals surface area contributed by atoms with Crippen molar-refractivity contribution in [1.82, 2.24) is 9.13 Å². The van der Waals surface area contributed by atoms with Crippen LogP contribution in [0.4, 0.5) is 0 Å². The predicted octanol–water partition coefficient (Wildman–Crippen LogP) is 0.502. The van der Waals surface area contributed by atoms with Gasteiger partial charge < -0.3 is 9.13 Å². The lowest BCUT2D eigenvalue weighted by Gasteiger charge is -2.29. The van der Waals surface area contributed by atoms with Crippen molar-refractivity contribution in [3.8, 4) is 0 Å². The van der Waals surface area contributed by atoms with Crippen molar-refractivity contribution in [1.29, 1.82) is 0 Å². The van der Waals surface area contributed by atoms with E-state index in [1.807, 2.05) is 0 Å². The van der Waals surface area contributed by atoms with Crippen LogP contribution in [-0.2, 0) is 0 Å². The van der Waals surface area contributed by atoms with Gasteiger partial charge in [-0.15, -0.1) is 0 Å². The molecule has 2 heterocycles. The largest absolute Gasteiger partial charge is 0.329 e. The molecule has 0 aromatic heterocycles. The molecule has 0 radical (unpaired) electrons. The lowest BCUT2D eigenvalue weighted by molar-refractivity contribution is 0.354. The van der Waals surface area contributed by atoms with E-state index in [9.17, 15) is 0 Å². The summed E-state index contributed by atoms with van der Waals surface area (Å²) in [6.07, 6.45) is 8.93. The highest BCUT2D eigenvalue weighted by molar-refractivity contribution is 6.52. The van der Waals surface area contributed by atoms with E-state index in [4.69, 9.17) is 0 Å². The quantitative estimate of drug-likeness (QED) is 0.663. The van der Waals surface area contributed by atoms with E-state index in [-0.39, 0.29) is 19.4 Å². The Hall–Kier alpha value is 0.354. The van der Waals surface area contributed by atoms with Gasteiger partial charge in [-0.2, -0.15) is 0 Å². The van der Waals surface area contributed by atoms with E-state index >= 15 is 0 Å². The van der Waals surface area contributed by atoms with Crippen LogP contribution in [0.1, 0.15) is 38.5 Å². The first-order chi connectivity index (χ1) is 7.45. The van der Waals surface area contributed by atoms with E-state index in [0.717, 1.165) is 0 Å². The van der Waals surface area contributed by atoms with Gasteiger partial charge in [-0.05, 0) is 57.5 Å². The van der Waals surface area contributed by atoms with Crippen LogP contribution in [0, 0.1) is 0 Å². The Morgan fingerprint density at radius 1 is 0.600 bits per heavy atom. The zero-order valence-electron chi connectivity index (χ0n) is 10.1. The normalized spacial score (nSPS) is 27.2. The lowest BCUT2D eigenvalue weighted by atomic mass is 10.2. The maximum atomic E-state index is 2.83. The first-order valence-corrected chi connectivity index (χ1v) is 10.2.